The minimum absolute atomic E-state index is 0.0355. The summed E-state index contributed by atoms with van der Waals surface area (Å²) in [6, 6.07) is -12.0. The van der Waals surface area contributed by atoms with E-state index in [2.05, 4.69) is 58.2 Å². The molecule has 32 nitrogen and oxygen atoms in total. The number of rotatable bonds is 21. The first kappa shape index (κ1) is 79.0. The number of nitrogens with two attached hydrogens (primary N) is 4. The van der Waals surface area contributed by atoms with E-state index in [-0.39, 0.29) is 62.5 Å². The average molecular weight is 1290 g/mol. The van der Waals surface area contributed by atoms with Crippen molar-refractivity contribution in [2.45, 2.75) is 200 Å². The Balaban J connectivity index is 3.14. The highest BCUT2D eigenvalue weighted by Gasteiger charge is 2.43. The van der Waals surface area contributed by atoms with Crippen molar-refractivity contribution in [2.75, 3.05) is 26.3 Å². The second-order valence-corrected chi connectivity index (χ2v) is 26.0. The standard InChI is InChI=1S/C59H100N16O16/c1-13-30(6)39-53(88)69-36(26-76)48(83)65-25-38(78)71-43(45(80)46(61)81)56(91)70-37(27-77)52(87)73-40(31-18-15-14-16-19-31)41(74-51(86)35(24-59(10,11)12)68-47(82)32(60)23-58(7,8)9)54(89)75-42(44(79)29(4)5)55(90)67-34(22-28(2)3)50(85)66-33(49(84)72-39)20-17-21-64-57(62)63/h14-16,18-19,28-30,32-37,39-45,76-77,79-80H,13,17,20-27,60H2,1-12H3,(H2,61,81)(H,65,83)(H,66,85)(H,67,90)(H,68,82)(H,69,88)(H,70,91)(H,71,78)(H,72,84)(H,73,87)(H,74,86)(H,75,89)(H4,62,63,64)/t30-,32+,33+,34-,35-,36-,37-,39-,40+,41-,42-,43-,44+,45-/m0/s1. The van der Waals surface area contributed by atoms with Gasteiger partial charge in [0.15, 0.2) is 12.1 Å². The van der Waals surface area contributed by atoms with Crippen molar-refractivity contribution in [1.82, 2.24) is 58.5 Å². The summed E-state index contributed by atoms with van der Waals surface area (Å²) in [5.74, 6) is -16.3. The first-order valence-electron chi connectivity index (χ1n) is 30.3. The number of benzene rings is 1. The third kappa shape index (κ3) is 26.7. The third-order valence-corrected chi connectivity index (χ3v) is 14.6. The largest absolute Gasteiger partial charge is 0.394 e. The molecular formula is C59H100N16O16. The summed E-state index contributed by atoms with van der Waals surface area (Å²) in [5.41, 5.74) is 21.6. The Morgan fingerprint density at radius 3 is 1.65 bits per heavy atom. The van der Waals surface area contributed by atoms with Crippen LogP contribution in [0.5, 0.6) is 0 Å². The van der Waals surface area contributed by atoms with E-state index in [0.29, 0.717) is 0 Å². The maximum Gasteiger partial charge on any atom is 0.248 e. The van der Waals surface area contributed by atoms with Crippen LogP contribution in [-0.2, 0) is 57.5 Å². The highest BCUT2D eigenvalue weighted by molar-refractivity contribution is 6.00. The van der Waals surface area contributed by atoms with E-state index in [4.69, 9.17) is 22.9 Å². The van der Waals surface area contributed by atoms with E-state index in [1.807, 2.05) is 26.1 Å². The average Bonchev–Trinajstić information content (AvgIpc) is 0.955. The minimum Gasteiger partial charge on any atom is -0.394 e. The van der Waals surface area contributed by atoms with Crippen LogP contribution in [0.3, 0.4) is 0 Å². The first-order chi connectivity index (χ1) is 42.2. The van der Waals surface area contributed by atoms with E-state index in [1.54, 1.807) is 54.5 Å². The lowest BCUT2D eigenvalue weighted by molar-refractivity contribution is -0.140. The van der Waals surface area contributed by atoms with Gasteiger partial charge in [0.1, 0.15) is 54.4 Å². The van der Waals surface area contributed by atoms with Gasteiger partial charge in [0.25, 0.3) is 0 Å². The summed E-state index contributed by atoms with van der Waals surface area (Å²) in [5, 5.41) is 70.5. The fourth-order valence-corrected chi connectivity index (χ4v) is 9.46. The fourth-order valence-electron chi connectivity index (χ4n) is 9.46. The van der Waals surface area contributed by atoms with Gasteiger partial charge in [-0.15, -0.1) is 0 Å². The molecule has 1 saturated heterocycles. The highest BCUT2D eigenvalue weighted by atomic mass is 16.3. The van der Waals surface area contributed by atoms with Gasteiger partial charge >= 0.3 is 0 Å². The van der Waals surface area contributed by atoms with Crippen LogP contribution in [0.25, 0.3) is 0 Å². The Morgan fingerprint density at radius 1 is 0.626 bits per heavy atom. The molecule has 0 spiro atoms. The van der Waals surface area contributed by atoms with Crippen LogP contribution in [0, 0.1) is 28.6 Å². The Hall–Kier alpha value is -8.07. The Kier molecular flexibility index (Phi) is 31.9. The number of hydrogen-bond acceptors (Lipinski definition) is 18. The molecule has 23 N–H and O–H groups in total. The molecule has 0 aromatic heterocycles. The Labute approximate surface area is 530 Å². The van der Waals surface area contributed by atoms with Crippen molar-refractivity contribution in [3.63, 3.8) is 0 Å². The number of guanidine groups is 1. The van der Waals surface area contributed by atoms with E-state index in [9.17, 15) is 73.2 Å². The molecule has 0 radical (unpaired) electrons. The van der Waals surface area contributed by atoms with Gasteiger partial charge in [-0.3, -0.25) is 62.5 Å². The molecule has 1 aromatic rings. The topological polar surface area (TPSA) is 535 Å². The molecule has 0 saturated carbocycles. The minimum atomic E-state index is -2.55. The number of primary amides is 1. The van der Waals surface area contributed by atoms with E-state index in [1.165, 1.54) is 38.1 Å². The molecule has 1 heterocycles. The molecule has 0 bridgehead atoms. The summed E-state index contributed by atoms with van der Waals surface area (Å²) in [6.07, 6.45) is -4.29. The predicted octanol–water partition coefficient (Wildman–Crippen LogP) is -5.47. The summed E-state index contributed by atoms with van der Waals surface area (Å²) >= 11 is 0. The van der Waals surface area contributed by atoms with Crippen LogP contribution < -0.4 is 81.4 Å². The molecule has 1 aliphatic rings. The molecule has 512 valence electrons. The number of hydrogen-bond donors (Lipinski definition) is 19. The van der Waals surface area contributed by atoms with Gasteiger partial charge in [-0.2, -0.15) is 0 Å². The van der Waals surface area contributed by atoms with Crippen LogP contribution in [0.1, 0.15) is 133 Å². The number of aliphatic imine (C=N–C) groups is 1. The zero-order valence-electron chi connectivity index (χ0n) is 54.1. The molecule has 1 aliphatic heterocycles. The van der Waals surface area contributed by atoms with Gasteiger partial charge in [-0.05, 0) is 66.3 Å². The second-order valence-electron chi connectivity index (χ2n) is 26.0. The molecule has 2 rings (SSSR count). The van der Waals surface area contributed by atoms with Gasteiger partial charge in [0, 0.05) is 6.54 Å². The maximum absolute atomic E-state index is 15.5. The molecule has 14 atom stereocenters. The number of carbonyl (C=O) groups is 12. The Morgan fingerprint density at radius 2 is 1.13 bits per heavy atom. The molecule has 0 unspecified atom stereocenters. The van der Waals surface area contributed by atoms with Crippen LogP contribution >= 0.6 is 0 Å². The van der Waals surface area contributed by atoms with Gasteiger partial charge in [-0.25, -0.2) is 0 Å². The number of nitrogens with one attached hydrogen (secondary N) is 11. The maximum atomic E-state index is 15.5. The first-order valence-corrected chi connectivity index (χ1v) is 30.3. The van der Waals surface area contributed by atoms with Crippen LogP contribution in [0.2, 0.25) is 0 Å². The van der Waals surface area contributed by atoms with Gasteiger partial charge in [0.05, 0.1) is 37.9 Å². The Bertz CT molecular complexity index is 2700. The molecule has 1 fully saturated rings. The van der Waals surface area contributed by atoms with Crippen molar-refractivity contribution >= 4 is 76.8 Å². The van der Waals surface area contributed by atoms with Gasteiger partial charge in [-0.1, -0.05) is 120 Å². The van der Waals surface area contributed by atoms with Crippen molar-refractivity contribution in [1.29, 1.82) is 0 Å². The third-order valence-electron chi connectivity index (χ3n) is 14.6. The molecule has 1 aromatic carbocycles. The van der Waals surface area contributed by atoms with Crippen LogP contribution in [0.15, 0.2) is 35.3 Å². The number of carbonyl (C=O) groups excluding carboxylic acids is 12. The smallest absolute Gasteiger partial charge is 0.248 e. The van der Waals surface area contributed by atoms with Crippen LogP contribution in [-0.4, -0.2) is 196 Å². The van der Waals surface area contributed by atoms with Crippen molar-refractivity contribution < 1.29 is 78.0 Å². The second kappa shape index (κ2) is 36.7. The monoisotopic (exact) mass is 1290 g/mol. The number of amides is 12. The highest BCUT2D eigenvalue weighted by Crippen LogP contribution is 2.25. The lowest BCUT2D eigenvalue weighted by Crippen LogP contribution is -2.65. The zero-order valence-corrected chi connectivity index (χ0v) is 54.1. The van der Waals surface area contributed by atoms with E-state index in [0.717, 1.165) is 0 Å². The number of aliphatic hydroxyl groups excluding tert-OH is 4. The van der Waals surface area contributed by atoms with E-state index >= 15 is 4.79 Å². The number of nitrogens with zero attached hydrogens (tertiary/aromatic N) is 1. The summed E-state index contributed by atoms with van der Waals surface area (Å²) in [6.45, 7) is 17.0. The molecular weight excluding hydrogens is 1190 g/mol. The lowest BCUT2D eigenvalue weighted by Gasteiger charge is -2.35. The summed E-state index contributed by atoms with van der Waals surface area (Å²) in [7, 11) is 0. The normalized spacial score (nSPS) is 24.5. The van der Waals surface area contributed by atoms with Crippen LogP contribution in [0.4, 0.5) is 0 Å². The SMILES string of the molecule is CC[C@H](C)[C@@H]1NC(=O)[C@@H](CCCN=C(N)N)NC(=O)[C@H](CC(C)C)NC(=O)[C@H]([C@H](O)C(C)C)NC(=O)[C@@H](NC(=O)[C@H](CC(C)(C)C)NC(=O)[C@H](N)CC(C)(C)C)[C@@H](c2ccccc2)NC(=O)[C@H](CO)NC(=O)[C@H]([C@H](O)C(N)=O)NC(=O)CNC(=O)[C@H](CO)NC1=O. The fraction of sp³-hybridized carbons (Fsp3) is 0.678. The molecule has 32 heteroatoms. The van der Waals surface area contributed by atoms with E-state index < -0.39 is 192 Å². The van der Waals surface area contributed by atoms with Crippen molar-refractivity contribution in [2.24, 2.45) is 56.5 Å². The summed E-state index contributed by atoms with van der Waals surface area (Å²) < 4.78 is 0. The van der Waals surface area contributed by atoms with Crippen molar-refractivity contribution in [3.05, 3.63) is 35.9 Å². The van der Waals surface area contributed by atoms with Crippen molar-refractivity contribution in [3.8, 4) is 0 Å². The molecule has 0 aliphatic carbocycles. The quantitative estimate of drug-likeness (QED) is 0.0310. The zero-order chi connectivity index (χ0) is 69.4. The molecule has 91 heavy (non-hydrogen) atoms. The summed E-state index contributed by atoms with van der Waals surface area (Å²) in [4.78, 5) is 174. The number of aliphatic hydroxyl groups is 4. The lowest BCUT2D eigenvalue weighted by atomic mass is 9.86. The van der Waals surface area contributed by atoms with Gasteiger partial charge in [0.2, 0.25) is 70.9 Å². The molecule has 12 amide bonds. The van der Waals surface area contributed by atoms with Gasteiger partial charge < -0.3 is 102 Å². The predicted molar refractivity (Wildman–Crippen MR) is 333 cm³/mol.